The van der Waals surface area contributed by atoms with Crippen molar-refractivity contribution in [1.29, 1.82) is 0 Å². The van der Waals surface area contributed by atoms with Crippen molar-refractivity contribution in [3.05, 3.63) is 29.8 Å². The third kappa shape index (κ3) is 3.82. The fraction of sp³-hybridized carbons (Fsp3) is 0.500. The first-order chi connectivity index (χ1) is 8.78. The van der Waals surface area contributed by atoms with E-state index in [2.05, 4.69) is 16.8 Å². The highest BCUT2D eigenvalue weighted by molar-refractivity contribution is 5.74. The zero-order valence-corrected chi connectivity index (χ0v) is 10.8. The summed E-state index contributed by atoms with van der Waals surface area (Å²) in [5.41, 5.74) is 0.682. The standard InChI is InChI=1S/C14H20N2O2/c1-15-6-8-16(9-7-15)10-11-18-14-4-2-13(12-17)3-5-14/h2-5,12H,6-11H2,1H3. The van der Waals surface area contributed by atoms with Crippen LogP contribution in [0.2, 0.25) is 0 Å². The predicted octanol–water partition coefficient (Wildman–Crippen LogP) is 1.13. The average Bonchev–Trinajstić information content (AvgIpc) is 2.42. The molecular formula is C14H20N2O2. The zero-order valence-electron chi connectivity index (χ0n) is 10.8. The predicted molar refractivity (Wildman–Crippen MR) is 71.3 cm³/mol. The maximum Gasteiger partial charge on any atom is 0.150 e. The molecule has 1 aliphatic heterocycles. The molecule has 18 heavy (non-hydrogen) atoms. The number of nitrogens with zero attached hydrogens (tertiary/aromatic N) is 2. The van der Waals surface area contributed by atoms with Crippen molar-refractivity contribution >= 4 is 6.29 Å². The molecule has 0 aliphatic carbocycles. The molecule has 0 atom stereocenters. The topological polar surface area (TPSA) is 32.8 Å². The van der Waals surface area contributed by atoms with Gasteiger partial charge in [-0.3, -0.25) is 9.69 Å². The van der Waals surface area contributed by atoms with Gasteiger partial charge in [-0.15, -0.1) is 0 Å². The smallest absolute Gasteiger partial charge is 0.150 e. The van der Waals surface area contributed by atoms with Crippen molar-refractivity contribution in [2.24, 2.45) is 0 Å². The number of ether oxygens (including phenoxy) is 1. The van der Waals surface area contributed by atoms with E-state index in [-0.39, 0.29) is 0 Å². The Hall–Kier alpha value is -1.39. The molecular weight excluding hydrogens is 228 g/mol. The van der Waals surface area contributed by atoms with Gasteiger partial charge in [0.25, 0.3) is 0 Å². The number of hydrogen-bond acceptors (Lipinski definition) is 4. The Morgan fingerprint density at radius 3 is 2.44 bits per heavy atom. The van der Waals surface area contributed by atoms with Gasteiger partial charge >= 0.3 is 0 Å². The molecule has 0 unspecified atom stereocenters. The van der Waals surface area contributed by atoms with E-state index in [1.54, 1.807) is 12.1 Å². The van der Waals surface area contributed by atoms with Crippen LogP contribution >= 0.6 is 0 Å². The van der Waals surface area contributed by atoms with Crippen LogP contribution in [0.25, 0.3) is 0 Å². The summed E-state index contributed by atoms with van der Waals surface area (Å²) < 4.78 is 5.66. The van der Waals surface area contributed by atoms with Crippen molar-refractivity contribution in [2.75, 3.05) is 46.4 Å². The first-order valence-electron chi connectivity index (χ1n) is 6.37. The van der Waals surface area contributed by atoms with Crippen LogP contribution in [-0.2, 0) is 0 Å². The van der Waals surface area contributed by atoms with E-state index < -0.39 is 0 Å². The lowest BCUT2D eigenvalue weighted by Crippen LogP contribution is -2.45. The van der Waals surface area contributed by atoms with Crippen LogP contribution < -0.4 is 4.74 Å². The molecule has 4 heteroatoms. The largest absolute Gasteiger partial charge is 0.492 e. The van der Waals surface area contributed by atoms with Gasteiger partial charge in [0.2, 0.25) is 0 Å². The summed E-state index contributed by atoms with van der Waals surface area (Å²) >= 11 is 0. The zero-order chi connectivity index (χ0) is 12.8. The minimum Gasteiger partial charge on any atom is -0.492 e. The molecule has 0 N–H and O–H groups in total. The average molecular weight is 248 g/mol. The Morgan fingerprint density at radius 1 is 1.17 bits per heavy atom. The molecule has 1 saturated heterocycles. The Balaban J connectivity index is 1.69. The summed E-state index contributed by atoms with van der Waals surface area (Å²) in [4.78, 5) is 15.3. The molecule has 0 saturated carbocycles. The molecule has 0 aromatic heterocycles. The second-order valence-corrected chi connectivity index (χ2v) is 4.68. The lowest BCUT2D eigenvalue weighted by atomic mass is 10.2. The van der Waals surface area contributed by atoms with E-state index in [1.807, 2.05) is 12.1 Å². The lowest BCUT2D eigenvalue weighted by molar-refractivity contribution is 0.112. The minimum atomic E-state index is 0.682. The Morgan fingerprint density at radius 2 is 1.83 bits per heavy atom. The van der Waals surface area contributed by atoms with Gasteiger partial charge in [0.15, 0.2) is 0 Å². The molecule has 1 aromatic rings. The number of piperazine rings is 1. The molecule has 0 radical (unpaired) electrons. The van der Waals surface area contributed by atoms with Crippen molar-refractivity contribution in [3.8, 4) is 5.75 Å². The molecule has 1 fully saturated rings. The van der Waals surface area contributed by atoms with Gasteiger partial charge in [-0.2, -0.15) is 0 Å². The van der Waals surface area contributed by atoms with Gasteiger partial charge in [-0.05, 0) is 31.3 Å². The van der Waals surface area contributed by atoms with Gasteiger partial charge in [0.05, 0.1) is 0 Å². The highest BCUT2D eigenvalue weighted by Gasteiger charge is 2.12. The Kier molecular flexibility index (Phi) is 4.73. The van der Waals surface area contributed by atoms with E-state index in [1.165, 1.54) is 0 Å². The van der Waals surface area contributed by atoms with Gasteiger partial charge in [-0.1, -0.05) is 0 Å². The summed E-state index contributed by atoms with van der Waals surface area (Å²) in [6.45, 7) is 6.16. The minimum absolute atomic E-state index is 0.682. The molecule has 1 aliphatic rings. The quantitative estimate of drug-likeness (QED) is 0.731. The second kappa shape index (κ2) is 6.52. The number of hydrogen-bond donors (Lipinski definition) is 0. The van der Waals surface area contributed by atoms with Crippen LogP contribution in [0.1, 0.15) is 10.4 Å². The van der Waals surface area contributed by atoms with Gasteiger partial charge in [-0.25, -0.2) is 0 Å². The third-order valence-electron chi connectivity index (χ3n) is 3.29. The number of carbonyl (C=O) groups is 1. The van der Waals surface area contributed by atoms with Crippen molar-refractivity contribution < 1.29 is 9.53 Å². The van der Waals surface area contributed by atoms with Gasteiger partial charge < -0.3 is 9.64 Å². The highest BCUT2D eigenvalue weighted by Crippen LogP contribution is 2.11. The molecule has 0 spiro atoms. The van der Waals surface area contributed by atoms with Crippen molar-refractivity contribution in [1.82, 2.24) is 9.80 Å². The molecule has 98 valence electrons. The Bertz CT molecular complexity index is 370. The van der Waals surface area contributed by atoms with Crippen LogP contribution in [0.15, 0.2) is 24.3 Å². The third-order valence-corrected chi connectivity index (χ3v) is 3.29. The molecule has 1 heterocycles. The molecule has 4 nitrogen and oxygen atoms in total. The fourth-order valence-electron chi connectivity index (χ4n) is 2.01. The molecule has 1 aromatic carbocycles. The van der Waals surface area contributed by atoms with E-state index in [0.29, 0.717) is 12.2 Å². The Labute approximate surface area is 108 Å². The fourth-order valence-corrected chi connectivity index (χ4v) is 2.01. The van der Waals surface area contributed by atoms with Gasteiger partial charge in [0, 0.05) is 38.3 Å². The number of likely N-dealkylation sites (N-methyl/N-ethyl adjacent to an activating group) is 1. The summed E-state index contributed by atoms with van der Waals surface area (Å²) in [7, 11) is 2.16. The maximum atomic E-state index is 10.5. The monoisotopic (exact) mass is 248 g/mol. The van der Waals surface area contributed by atoms with Crippen molar-refractivity contribution in [3.63, 3.8) is 0 Å². The molecule has 0 bridgehead atoms. The number of aldehydes is 1. The summed E-state index contributed by atoms with van der Waals surface area (Å²) in [6.07, 6.45) is 0.841. The van der Waals surface area contributed by atoms with E-state index in [0.717, 1.165) is 44.8 Å². The van der Waals surface area contributed by atoms with Crippen LogP contribution in [0.4, 0.5) is 0 Å². The number of carbonyl (C=O) groups excluding carboxylic acids is 1. The summed E-state index contributed by atoms with van der Waals surface area (Å²) in [5.74, 6) is 0.828. The van der Waals surface area contributed by atoms with Gasteiger partial charge in [0.1, 0.15) is 18.6 Å². The number of benzene rings is 1. The molecule has 2 rings (SSSR count). The lowest BCUT2D eigenvalue weighted by Gasteiger charge is -2.32. The van der Waals surface area contributed by atoms with Crippen LogP contribution in [0.3, 0.4) is 0 Å². The number of rotatable bonds is 5. The first-order valence-corrected chi connectivity index (χ1v) is 6.37. The maximum absolute atomic E-state index is 10.5. The normalized spacial score (nSPS) is 17.6. The van der Waals surface area contributed by atoms with E-state index >= 15 is 0 Å². The van der Waals surface area contributed by atoms with E-state index in [4.69, 9.17) is 4.74 Å². The highest BCUT2D eigenvalue weighted by atomic mass is 16.5. The molecule has 0 amide bonds. The van der Waals surface area contributed by atoms with Crippen molar-refractivity contribution in [2.45, 2.75) is 0 Å². The first kappa shape index (κ1) is 13.1. The van der Waals surface area contributed by atoms with Crippen LogP contribution in [-0.4, -0.2) is 62.5 Å². The van der Waals surface area contributed by atoms with Crippen LogP contribution in [0.5, 0.6) is 5.75 Å². The summed E-state index contributed by atoms with van der Waals surface area (Å²) in [6, 6.07) is 7.23. The van der Waals surface area contributed by atoms with E-state index in [9.17, 15) is 4.79 Å². The summed E-state index contributed by atoms with van der Waals surface area (Å²) in [5, 5.41) is 0. The SMILES string of the molecule is CN1CCN(CCOc2ccc(C=O)cc2)CC1. The van der Waals surface area contributed by atoms with Crippen LogP contribution in [0, 0.1) is 0 Å². The second-order valence-electron chi connectivity index (χ2n) is 4.68.